The Balaban J connectivity index is 1.52. The first-order valence-corrected chi connectivity index (χ1v) is 11.3. The molecule has 1 aliphatic rings. The monoisotopic (exact) mass is 460 g/mol. The molecule has 0 unspecified atom stereocenters. The Morgan fingerprint density at radius 3 is 2.41 bits per heavy atom. The maximum Gasteiger partial charge on any atom is 0.337 e. The van der Waals surface area contributed by atoms with Crippen molar-refractivity contribution >= 4 is 17.6 Å². The minimum atomic E-state index is -1.16. The normalized spacial score (nSPS) is 14.5. The van der Waals surface area contributed by atoms with E-state index in [2.05, 4.69) is 17.3 Å². The summed E-state index contributed by atoms with van der Waals surface area (Å²) in [5.74, 6) is -1.05. The highest BCUT2D eigenvalue weighted by atomic mass is 16.5. The number of phenols is 1. The van der Waals surface area contributed by atoms with Crippen LogP contribution >= 0.6 is 0 Å². The Labute approximate surface area is 198 Å². The van der Waals surface area contributed by atoms with Gasteiger partial charge in [0.05, 0.1) is 23.4 Å². The molecule has 4 rings (SSSR count). The van der Waals surface area contributed by atoms with Gasteiger partial charge in [0.15, 0.2) is 0 Å². The summed E-state index contributed by atoms with van der Waals surface area (Å²) in [6.45, 7) is 2.61. The van der Waals surface area contributed by atoms with Crippen LogP contribution in [0, 0.1) is 5.92 Å². The van der Waals surface area contributed by atoms with E-state index >= 15 is 0 Å². The van der Waals surface area contributed by atoms with Gasteiger partial charge in [-0.2, -0.15) is 0 Å². The quantitative estimate of drug-likeness (QED) is 0.471. The number of amides is 1. The van der Waals surface area contributed by atoms with Gasteiger partial charge in [0.25, 0.3) is 5.91 Å². The average Bonchev–Trinajstić information content (AvgIpc) is 2.84. The van der Waals surface area contributed by atoms with Gasteiger partial charge in [-0.1, -0.05) is 36.4 Å². The highest BCUT2D eigenvalue weighted by molar-refractivity contribution is 6.09. The van der Waals surface area contributed by atoms with Gasteiger partial charge in [0.1, 0.15) is 11.5 Å². The standard InChI is InChI=1S/C27H28N2O5/c1-29-13-11-18(12-14-29)17-34-21-8-10-25(30)23(16-21)26(31)28-24-15-20(7-9-22(24)27(32)33)19-5-3-2-4-6-19/h2-10,15-16,18,30H,11-14,17H2,1H3,(H,28,31)(H,32,33). The van der Waals surface area contributed by atoms with Crippen LogP contribution in [-0.4, -0.2) is 53.7 Å². The summed E-state index contributed by atoms with van der Waals surface area (Å²) in [5, 5.41) is 22.6. The Morgan fingerprint density at radius 1 is 0.971 bits per heavy atom. The van der Waals surface area contributed by atoms with Crippen molar-refractivity contribution in [3.8, 4) is 22.6 Å². The highest BCUT2D eigenvalue weighted by Crippen LogP contribution is 2.29. The largest absolute Gasteiger partial charge is 0.507 e. The van der Waals surface area contributed by atoms with Crippen LogP contribution in [0.5, 0.6) is 11.5 Å². The lowest BCUT2D eigenvalue weighted by Gasteiger charge is -2.28. The number of anilines is 1. The third-order valence-electron chi connectivity index (χ3n) is 6.14. The first-order valence-electron chi connectivity index (χ1n) is 11.3. The summed E-state index contributed by atoms with van der Waals surface area (Å²) in [5.41, 5.74) is 1.78. The van der Waals surface area contributed by atoms with Crippen LogP contribution in [0.3, 0.4) is 0 Å². The van der Waals surface area contributed by atoms with E-state index in [9.17, 15) is 19.8 Å². The predicted octanol–water partition coefficient (Wildman–Crippen LogP) is 4.73. The SMILES string of the molecule is CN1CCC(COc2ccc(O)c(C(=O)Nc3cc(-c4ccccc4)ccc3C(=O)O)c2)CC1. The fourth-order valence-electron chi connectivity index (χ4n) is 4.06. The molecule has 3 aromatic carbocycles. The molecule has 1 aliphatic heterocycles. The van der Waals surface area contributed by atoms with Crippen molar-refractivity contribution in [2.45, 2.75) is 12.8 Å². The molecule has 3 aromatic rings. The van der Waals surface area contributed by atoms with Gasteiger partial charge in [0, 0.05) is 0 Å². The molecule has 0 atom stereocenters. The number of aromatic carboxylic acids is 1. The van der Waals surface area contributed by atoms with Crippen LogP contribution in [0.2, 0.25) is 0 Å². The van der Waals surface area contributed by atoms with E-state index in [-0.39, 0.29) is 22.6 Å². The second-order valence-corrected chi connectivity index (χ2v) is 8.62. The molecule has 0 saturated carbocycles. The highest BCUT2D eigenvalue weighted by Gasteiger charge is 2.20. The number of nitrogens with zero attached hydrogens (tertiary/aromatic N) is 1. The number of rotatable bonds is 7. The smallest absolute Gasteiger partial charge is 0.337 e. The third kappa shape index (κ3) is 5.55. The van der Waals surface area contributed by atoms with E-state index < -0.39 is 11.9 Å². The summed E-state index contributed by atoms with van der Waals surface area (Å²) >= 11 is 0. The van der Waals surface area contributed by atoms with E-state index in [1.165, 1.54) is 18.2 Å². The number of carbonyl (C=O) groups is 2. The molecule has 176 valence electrons. The number of carboxylic acid groups (broad SMARTS) is 1. The summed E-state index contributed by atoms with van der Waals surface area (Å²) in [4.78, 5) is 27.1. The molecule has 0 aliphatic carbocycles. The van der Waals surface area contributed by atoms with Crippen LogP contribution in [0.1, 0.15) is 33.6 Å². The zero-order valence-corrected chi connectivity index (χ0v) is 19.0. The molecule has 0 spiro atoms. The molecule has 1 amide bonds. The number of nitrogens with one attached hydrogen (secondary N) is 1. The lowest BCUT2D eigenvalue weighted by atomic mass is 9.98. The molecule has 7 nitrogen and oxygen atoms in total. The van der Waals surface area contributed by atoms with Crippen molar-refractivity contribution in [3.05, 3.63) is 77.9 Å². The van der Waals surface area contributed by atoms with Crippen molar-refractivity contribution in [1.82, 2.24) is 4.90 Å². The van der Waals surface area contributed by atoms with Crippen LogP contribution in [0.4, 0.5) is 5.69 Å². The first kappa shape index (κ1) is 23.3. The number of aromatic hydroxyl groups is 1. The molecule has 7 heteroatoms. The molecule has 1 fully saturated rings. The van der Waals surface area contributed by atoms with E-state index in [1.54, 1.807) is 18.2 Å². The fraction of sp³-hybridized carbons (Fsp3) is 0.259. The van der Waals surface area contributed by atoms with E-state index in [0.717, 1.165) is 37.1 Å². The number of piperidine rings is 1. The van der Waals surface area contributed by atoms with E-state index in [1.807, 2.05) is 30.3 Å². The van der Waals surface area contributed by atoms with Gasteiger partial charge in [-0.3, -0.25) is 4.79 Å². The summed E-state index contributed by atoms with van der Waals surface area (Å²) in [6.07, 6.45) is 2.11. The molecular weight excluding hydrogens is 432 g/mol. The molecule has 1 heterocycles. The van der Waals surface area contributed by atoms with Crippen molar-refractivity contribution in [3.63, 3.8) is 0 Å². The maximum absolute atomic E-state index is 13.0. The molecule has 3 N–H and O–H groups in total. The van der Waals surface area contributed by atoms with Gasteiger partial charge in [-0.15, -0.1) is 0 Å². The first-order chi connectivity index (χ1) is 16.4. The molecule has 34 heavy (non-hydrogen) atoms. The van der Waals surface area contributed by atoms with E-state index in [4.69, 9.17) is 4.74 Å². The van der Waals surface area contributed by atoms with Crippen LogP contribution in [-0.2, 0) is 0 Å². The number of phenolic OH excluding ortho intramolecular Hbond substituents is 1. The number of hydrogen-bond donors (Lipinski definition) is 3. The minimum Gasteiger partial charge on any atom is -0.507 e. The minimum absolute atomic E-state index is 0.0160. The number of likely N-dealkylation sites (tertiary alicyclic amines) is 1. The van der Waals surface area contributed by atoms with Crippen LogP contribution in [0.25, 0.3) is 11.1 Å². The topological polar surface area (TPSA) is 99.1 Å². The van der Waals surface area contributed by atoms with Crippen molar-refractivity contribution in [1.29, 1.82) is 0 Å². The second-order valence-electron chi connectivity index (χ2n) is 8.62. The number of carbonyl (C=O) groups excluding carboxylic acids is 1. The Hall–Kier alpha value is -3.84. The number of carboxylic acids is 1. The molecule has 0 bridgehead atoms. The van der Waals surface area contributed by atoms with Gasteiger partial charge in [-0.25, -0.2) is 4.79 Å². The molecule has 0 radical (unpaired) electrons. The Kier molecular flexibility index (Phi) is 7.13. The number of ether oxygens (including phenoxy) is 1. The van der Waals surface area contributed by atoms with Gasteiger partial charge >= 0.3 is 5.97 Å². The van der Waals surface area contributed by atoms with Gasteiger partial charge in [-0.05, 0) is 80.4 Å². The Bertz CT molecular complexity index is 1170. The maximum atomic E-state index is 13.0. The zero-order chi connectivity index (χ0) is 24.1. The van der Waals surface area contributed by atoms with Gasteiger partial charge in [0.2, 0.25) is 0 Å². The van der Waals surface area contributed by atoms with Crippen molar-refractivity contribution < 1.29 is 24.5 Å². The summed E-state index contributed by atoms with van der Waals surface area (Å²) in [6, 6.07) is 18.8. The lowest BCUT2D eigenvalue weighted by molar-refractivity contribution is 0.0698. The number of hydrogen-bond acceptors (Lipinski definition) is 5. The van der Waals surface area contributed by atoms with Crippen LogP contribution in [0.15, 0.2) is 66.7 Å². The predicted molar refractivity (Wildman–Crippen MR) is 131 cm³/mol. The third-order valence-corrected chi connectivity index (χ3v) is 6.14. The number of benzene rings is 3. The Morgan fingerprint density at radius 2 is 1.71 bits per heavy atom. The summed E-state index contributed by atoms with van der Waals surface area (Å²) < 4.78 is 5.91. The fourth-order valence-corrected chi connectivity index (χ4v) is 4.06. The van der Waals surface area contributed by atoms with Crippen molar-refractivity contribution in [2.24, 2.45) is 5.92 Å². The zero-order valence-electron chi connectivity index (χ0n) is 19.0. The summed E-state index contributed by atoms with van der Waals surface area (Å²) in [7, 11) is 2.10. The second kappa shape index (κ2) is 10.4. The van der Waals surface area contributed by atoms with Crippen molar-refractivity contribution in [2.75, 3.05) is 32.1 Å². The molecule has 1 saturated heterocycles. The lowest BCUT2D eigenvalue weighted by Crippen LogP contribution is -2.32. The molecule has 0 aromatic heterocycles. The average molecular weight is 461 g/mol. The van der Waals surface area contributed by atoms with Gasteiger partial charge < -0.3 is 25.2 Å². The van der Waals surface area contributed by atoms with Crippen LogP contribution < -0.4 is 10.1 Å². The molecular formula is C27H28N2O5. The van der Waals surface area contributed by atoms with E-state index in [0.29, 0.717) is 18.3 Å².